The Morgan fingerprint density at radius 2 is 2.05 bits per heavy atom. The maximum atomic E-state index is 6.24. The summed E-state index contributed by atoms with van der Waals surface area (Å²) in [4.78, 5) is 12.8. The summed E-state index contributed by atoms with van der Waals surface area (Å²) >= 11 is 6.24. The first-order valence-electron chi connectivity index (χ1n) is 6.30. The van der Waals surface area contributed by atoms with E-state index < -0.39 is 0 Å². The van der Waals surface area contributed by atoms with Crippen molar-refractivity contribution in [3.05, 3.63) is 41.6 Å². The lowest BCUT2D eigenvalue weighted by Crippen LogP contribution is -2.00. The number of rotatable bonds is 3. The van der Waals surface area contributed by atoms with Gasteiger partial charge in [-0.15, -0.1) is 0 Å². The van der Waals surface area contributed by atoms with E-state index in [0.29, 0.717) is 28.7 Å². The molecule has 0 aliphatic rings. The van der Waals surface area contributed by atoms with Crippen molar-refractivity contribution in [2.45, 2.75) is 13.8 Å². The number of aryl methyl sites for hydroxylation is 1. The predicted molar refractivity (Wildman–Crippen MR) is 77.6 cm³/mol. The standard InChI is InChI=1S/C14H13ClN4O/c1-3-20-11-7-5-4-6-10(11)19-8-16-14-12(19)13(15)17-9(2)18-14/h4-8H,3H2,1-2H3. The lowest BCUT2D eigenvalue weighted by molar-refractivity contribution is 0.339. The van der Waals surface area contributed by atoms with Crippen LogP contribution in [-0.4, -0.2) is 26.1 Å². The Morgan fingerprint density at radius 1 is 1.25 bits per heavy atom. The number of imidazole rings is 1. The third kappa shape index (κ3) is 2.10. The molecule has 0 aliphatic heterocycles. The Bertz CT molecular complexity index is 769. The summed E-state index contributed by atoms with van der Waals surface area (Å²) in [6, 6.07) is 7.72. The molecule has 102 valence electrons. The summed E-state index contributed by atoms with van der Waals surface area (Å²) < 4.78 is 7.49. The van der Waals surface area contributed by atoms with Crippen LogP contribution in [0.4, 0.5) is 0 Å². The van der Waals surface area contributed by atoms with Crippen molar-refractivity contribution < 1.29 is 4.74 Å². The van der Waals surface area contributed by atoms with E-state index in [1.54, 1.807) is 13.3 Å². The van der Waals surface area contributed by atoms with Gasteiger partial charge in [0.15, 0.2) is 10.8 Å². The molecule has 0 amide bonds. The molecule has 0 N–H and O–H groups in total. The predicted octanol–water partition coefficient (Wildman–Crippen LogP) is 3.18. The molecule has 0 atom stereocenters. The van der Waals surface area contributed by atoms with Crippen molar-refractivity contribution in [3.8, 4) is 11.4 Å². The average molecular weight is 289 g/mol. The molecule has 5 nitrogen and oxygen atoms in total. The van der Waals surface area contributed by atoms with E-state index in [-0.39, 0.29) is 0 Å². The highest BCUT2D eigenvalue weighted by Gasteiger charge is 2.14. The van der Waals surface area contributed by atoms with Crippen molar-refractivity contribution in [1.29, 1.82) is 0 Å². The lowest BCUT2D eigenvalue weighted by Gasteiger charge is -2.11. The first-order chi connectivity index (χ1) is 9.70. The molecule has 1 aromatic carbocycles. The van der Waals surface area contributed by atoms with Crippen molar-refractivity contribution >= 4 is 22.8 Å². The zero-order valence-corrected chi connectivity index (χ0v) is 11.9. The van der Waals surface area contributed by atoms with Gasteiger partial charge in [-0.1, -0.05) is 23.7 Å². The Kier molecular flexibility index (Phi) is 3.28. The monoisotopic (exact) mass is 288 g/mol. The van der Waals surface area contributed by atoms with Crippen LogP contribution >= 0.6 is 11.6 Å². The molecule has 6 heteroatoms. The Morgan fingerprint density at radius 3 is 2.85 bits per heavy atom. The average Bonchev–Trinajstić information content (AvgIpc) is 2.83. The van der Waals surface area contributed by atoms with Crippen molar-refractivity contribution in [3.63, 3.8) is 0 Å². The van der Waals surface area contributed by atoms with Gasteiger partial charge in [-0.3, -0.25) is 4.57 Å². The fourth-order valence-electron chi connectivity index (χ4n) is 2.10. The summed E-state index contributed by atoms with van der Waals surface area (Å²) in [5.41, 5.74) is 2.13. The fourth-order valence-corrected chi connectivity index (χ4v) is 2.40. The largest absolute Gasteiger partial charge is 0.492 e. The zero-order chi connectivity index (χ0) is 14.1. The number of fused-ring (bicyclic) bond motifs is 1. The van der Waals surface area contributed by atoms with Crippen LogP contribution in [0.25, 0.3) is 16.9 Å². The Hall–Kier alpha value is -2.14. The number of hydrogen-bond donors (Lipinski definition) is 0. The van der Waals surface area contributed by atoms with Gasteiger partial charge in [0.25, 0.3) is 0 Å². The number of ether oxygens (including phenoxy) is 1. The zero-order valence-electron chi connectivity index (χ0n) is 11.2. The van der Waals surface area contributed by atoms with Gasteiger partial charge in [-0.05, 0) is 26.0 Å². The topological polar surface area (TPSA) is 52.8 Å². The van der Waals surface area contributed by atoms with Crippen molar-refractivity contribution in [2.24, 2.45) is 0 Å². The van der Waals surface area contributed by atoms with Gasteiger partial charge >= 0.3 is 0 Å². The highest BCUT2D eigenvalue weighted by molar-refractivity contribution is 6.33. The second-order valence-corrected chi connectivity index (χ2v) is 4.61. The van der Waals surface area contributed by atoms with Crippen LogP contribution in [0, 0.1) is 6.92 Å². The molecule has 0 spiro atoms. The Balaban J connectivity index is 2.25. The van der Waals surface area contributed by atoms with E-state index in [1.165, 1.54) is 0 Å². The molecule has 0 saturated heterocycles. The summed E-state index contributed by atoms with van der Waals surface area (Å²) in [6.45, 7) is 4.33. The van der Waals surface area contributed by atoms with E-state index in [4.69, 9.17) is 16.3 Å². The highest BCUT2D eigenvalue weighted by atomic mass is 35.5. The van der Waals surface area contributed by atoms with E-state index >= 15 is 0 Å². The molecule has 0 aliphatic carbocycles. The maximum absolute atomic E-state index is 6.24. The highest BCUT2D eigenvalue weighted by Crippen LogP contribution is 2.28. The number of aromatic nitrogens is 4. The van der Waals surface area contributed by atoms with Gasteiger partial charge in [-0.25, -0.2) is 15.0 Å². The molecule has 3 aromatic rings. The Labute approximate surface area is 121 Å². The van der Waals surface area contributed by atoms with Gasteiger partial charge in [0.1, 0.15) is 23.4 Å². The minimum absolute atomic E-state index is 0.385. The summed E-state index contributed by atoms with van der Waals surface area (Å²) in [6.07, 6.45) is 1.68. The molecule has 2 aromatic heterocycles. The van der Waals surface area contributed by atoms with Crippen LogP contribution in [0.3, 0.4) is 0 Å². The molecule has 0 saturated carbocycles. The molecule has 0 bridgehead atoms. The third-order valence-electron chi connectivity index (χ3n) is 2.90. The van der Waals surface area contributed by atoms with Crippen LogP contribution in [0.2, 0.25) is 5.15 Å². The van der Waals surface area contributed by atoms with Gasteiger partial charge in [0, 0.05) is 0 Å². The molecular weight excluding hydrogens is 276 g/mol. The first kappa shape index (κ1) is 12.9. The summed E-state index contributed by atoms with van der Waals surface area (Å²) in [5, 5.41) is 0.385. The van der Waals surface area contributed by atoms with Gasteiger partial charge < -0.3 is 4.74 Å². The molecule has 20 heavy (non-hydrogen) atoms. The van der Waals surface area contributed by atoms with E-state index in [2.05, 4.69) is 15.0 Å². The second kappa shape index (κ2) is 5.09. The molecular formula is C14H13ClN4O. The smallest absolute Gasteiger partial charge is 0.182 e. The van der Waals surface area contributed by atoms with E-state index in [9.17, 15) is 0 Å². The summed E-state index contributed by atoms with van der Waals surface area (Å²) in [7, 11) is 0. The minimum Gasteiger partial charge on any atom is -0.492 e. The number of halogens is 1. The van der Waals surface area contributed by atoms with Gasteiger partial charge in [0.2, 0.25) is 0 Å². The second-order valence-electron chi connectivity index (χ2n) is 4.25. The van der Waals surface area contributed by atoms with Crippen LogP contribution in [0.1, 0.15) is 12.7 Å². The fraction of sp³-hybridized carbons (Fsp3) is 0.214. The number of benzene rings is 1. The number of hydrogen-bond acceptors (Lipinski definition) is 4. The number of para-hydroxylation sites is 2. The quantitative estimate of drug-likeness (QED) is 0.695. The molecule has 0 fully saturated rings. The van der Waals surface area contributed by atoms with Crippen molar-refractivity contribution in [1.82, 2.24) is 19.5 Å². The normalized spacial score (nSPS) is 10.9. The SMILES string of the molecule is CCOc1ccccc1-n1cnc2nc(C)nc(Cl)c21. The number of nitrogens with zero attached hydrogens (tertiary/aromatic N) is 4. The van der Waals surface area contributed by atoms with Crippen molar-refractivity contribution in [2.75, 3.05) is 6.61 Å². The molecule has 2 heterocycles. The lowest BCUT2D eigenvalue weighted by atomic mass is 10.3. The van der Waals surface area contributed by atoms with E-state index in [1.807, 2.05) is 35.8 Å². The van der Waals surface area contributed by atoms with Crippen LogP contribution in [0.5, 0.6) is 5.75 Å². The van der Waals surface area contributed by atoms with Crippen LogP contribution < -0.4 is 4.74 Å². The van der Waals surface area contributed by atoms with Gasteiger partial charge in [0.05, 0.1) is 12.3 Å². The van der Waals surface area contributed by atoms with Gasteiger partial charge in [-0.2, -0.15) is 0 Å². The molecule has 3 rings (SSSR count). The third-order valence-corrected chi connectivity index (χ3v) is 3.16. The molecule has 0 radical (unpaired) electrons. The maximum Gasteiger partial charge on any atom is 0.182 e. The first-order valence-corrected chi connectivity index (χ1v) is 6.68. The molecule has 0 unspecified atom stereocenters. The van der Waals surface area contributed by atoms with Crippen LogP contribution in [-0.2, 0) is 0 Å². The minimum atomic E-state index is 0.385. The summed E-state index contributed by atoms with van der Waals surface area (Å²) in [5.74, 6) is 1.37. The van der Waals surface area contributed by atoms with Crippen LogP contribution in [0.15, 0.2) is 30.6 Å². The van der Waals surface area contributed by atoms with E-state index in [0.717, 1.165) is 11.4 Å².